The summed E-state index contributed by atoms with van der Waals surface area (Å²) in [6.45, 7) is 4.85. The lowest BCUT2D eigenvalue weighted by atomic mass is 10.1. The highest BCUT2D eigenvalue weighted by Gasteiger charge is 2.21. The topological polar surface area (TPSA) is 46.1 Å². The zero-order chi connectivity index (χ0) is 20.2. The predicted octanol–water partition coefficient (Wildman–Crippen LogP) is 5.69. The summed E-state index contributed by atoms with van der Waals surface area (Å²) < 4.78 is 1.09. The molecule has 148 valence electrons. The number of aromatic nitrogens is 2. The number of fused-ring (bicyclic) bond motifs is 1. The van der Waals surface area contributed by atoms with Crippen LogP contribution in [-0.2, 0) is 17.6 Å². The second kappa shape index (κ2) is 8.84. The molecule has 0 unspecified atom stereocenters. The maximum atomic E-state index is 13.2. The lowest BCUT2D eigenvalue weighted by molar-refractivity contribution is -0.118. The van der Waals surface area contributed by atoms with Crippen molar-refractivity contribution in [3.8, 4) is 0 Å². The first-order valence-electron chi connectivity index (χ1n) is 9.74. The summed E-state index contributed by atoms with van der Waals surface area (Å²) in [7, 11) is 0. The highest BCUT2D eigenvalue weighted by molar-refractivity contribution is 7.22. The van der Waals surface area contributed by atoms with E-state index in [9.17, 15) is 4.79 Å². The van der Waals surface area contributed by atoms with E-state index in [-0.39, 0.29) is 5.91 Å². The van der Waals surface area contributed by atoms with Crippen molar-refractivity contribution in [2.24, 2.45) is 0 Å². The van der Waals surface area contributed by atoms with Crippen LogP contribution >= 0.6 is 22.7 Å². The van der Waals surface area contributed by atoms with Crippen molar-refractivity contribution in [2.45, 2.75) is 32.6 Å². The maximum absolute atomic E-state index is 13.2. The van der Waals surface area contributed by atoms with E-state index in [2.05, 4.69) is 31.0 Å². The van der Waals surface area contributed by atoms with E-state index in [4.69, 9.17) is 4.98 Å². The van der Waals surface area contributed by atoms with Gasteiger partial charge in [-0.3, -0.25) is 9.69 Å². The molecule has 0 aliphatic rings. The third-order valence-electron chi connectivity index (χ3n) is 4.68. The van der Waals surface area contributed by atoms with Gasteiger partial charge in [-0.05, 0) is 24.1 Å². The fourth-order valence-electron chi connectivity index (χ4n) is 3.11. The minimum Gasteiger partial charge on any atom is -0.287 e. The molecule has 2 aromatic carbocycles. The van der Waals surface area contributed by atoms with E-state index in [1.54, 1.807) is 22.7 Å². The first-order valence-corrected chi connectivity index (χ1v) is 11.4. The number of para-hydroxylation sites is 1. The number of anilines is 1. The normalized spacial score (nSPS) is 11.3. The van der Waals surface area contributed by atoms with Crippen LogP contribution in [0.1, 0.15) is 36.0 Å². The predicted molar refractivity (Wildman–Crippen MR) is 122 cm³/mol. The van der Waals surface area contributed by atoms with Crippen LogP contribution in [0.4, 0.5) is 5.13 Å². The number of nitrogens with zero attached hydrogens (tertiary/aromatic N) is 3. The monoisotopic (exact) mass is 421 g/mol. The average molecular weight is 422 g/mol. The summed E-state index contributed by atoms with van der Waals surface area (Å²) in [5.74, 6) is 0.419. The molecule has 0 atom stereocenters. The van der Waals surface area contributed by atoms with Gasteiger partial charge in [-0.15, -0.1) is 11.3 Å². The number of carbonyl (C=O) groups is 1. The van der Waals surface area contributed by atoms with Gasteiger partial charge in [0.25, 0.3) is 0 Å². The van der Waals surface area contributed by atoms with E-state index in [0.717, 1.165) is 32.5 Å². The lowest BCUT2D eigenvalue weighted by Crippen LogP contribution is -2.34. The number of hydrogen-bond donors (Lipinski definition) is 0. The Balaban J connectivity index is 1.58. The summed E-state index contributed by atoms with van der Waals surface area (Å²) in [5.41, 5.74) is 2.98. The standard InChI is InChI=1S/C23H23N3OS2/c1-16(2)22-24-18(15-28-22)14-21(27)26(13-12-17-8-4-3-5-9-17)23-25-19-10-6-7-11-20(19)29-23/h3-11,15-16H,12-14H2,1-2H3. The van der Waals surface area contributed by atoms with E-state index < -0.39 is 0 Å². The fourth-order valence-corrected chi connectivity index (χ4v) is 4.95. The molecule has 4 aromatic rings. The number of rotatable bonds is 7. The number of carbonyl (C=O) groups excluding carboxylic acids is 1. The van der Waals surface area contributed by atoms with Crippen molar-refractivity contribution in [2.75, 3.05) is 11.4 Å². The van der Waals surface area contributed by atoms with Crippen LogP contribution < -0.4 is 4.90 Å². The summed E-state index contributed by atoms with van der Waals surface area (Å²) in [6.07, 6.45) is 1.09. The van der Waals surface area contributed by atoms with Gasteiger partial charge in [0.2, 0.25) is 5.91 Å². The molecule has 2 heterocycles. The van der Waals surface area contributed by atoms with Gasteiger partial charge < -0.3 is 0 Å². The Hall–Kier alpha value is -2.57. The molecule has 0 radical (unpaired) electrons. The Morgan fingerprint density at radius 1 is 1.03 bits per heavy atom. The molecule has 29 heavy (non-hydrogen) atoms. The largest absolute Gasteiger partial charge is 0.287 e. The Bertz CT molecular complexity index is 1070. The fraction of sp³-hybridized carbons (Fsp3) is 0.261. The molecule has 0 spiro atoms. The van der Waals surface area contributed by atoms with Gasteiger partial charge in [0.1, 0.15) is 0 Å². The molecular weight excluding hydrogens is 398 g/mol. The number of thiazole rings is 2. The first kappa shape index (κ1) is 19.7. The molecule has 0 saturated carbocycles. The molecule has 4 nitrogen and oxygen atoms in total. The van der Waals surface area contributed by atoms with E-state index in [1.165, 1.54) is 5.56 Å². The molecule has 4 rings (SSSR count). The van der Waals surface area contributed by atoms with Crippen LogP contribution in [0.25, 0.3) is 10.2 Å². The van der Waals surface area contributed by atoms with E-state index in [1.807, 2.05) is 52.7 Å². The van der Waals surface area contributed by atoms with Gasteiger partial charge in [-0.2, -0.15) is 0 Å². The van der Waals surface area contributed by atoms with Crippen LogP contribution in [0, 0.1) is 0 Å². The smallest absolute Gasteiger partial charge is 0.234 e. The molecule has 0 saturated heterocycles. The van der Waals surface area contributed by atoms with Crippen LogP contribution in [0.2, 0.25) is 0 Å². The summed E-state index contributed by atoms with van der Waals surface area (Å²) >= 11 is 3.19. The second-order valence-electron chi connectivity index (χ2n) is 7.25. The van der Waals surface area contributed by atoms with Gasteiger partial charge in [0, 0.05) is 17.8 Å². The summed E-state index contributed by atoms with van der Waals surface area (Å²) in [4.78, 5) is 24.4. The number of amides is 1. The molecule has 0 N–H and O–H groups in total. The third kappa shape index (κ3) is 4.71. The van der Waals surface area contributed by atoms with Gasteiger partial charge >= 0.3 is 0 Å². The van der Waals surface area contributed by atoms with Crippen molar-refractivity contribution < 1.29 is 4.79 Å². The number of benzene rings is 2. The molecule has 0 fully saturated rings. The Morgan fingerprint density at radius 2 is 1.79 bits per heavy atom. The Labute approximate surface area is 178 Å². The molecular formula is C23H23N3OS2. The summed E-state index contributed by atoms with van der Waals surface area (Å²) in [6, 6.07) is 18.3. The molecule has 6 heteroatoms. The van der Waals surface area contributed by atoms with Crippen LogP contribution in [0.3, 0.4) is 0 Å². The molecule has 0 bridgehead atoms. The van der Waals surface area contributed by atoms with Crippen molar-refractivity contribution >= 4 is 43.9 Å². The number of hydrogen-bond acceptors (Lipinski definition) is 5. The van der Waals surface area contributed by atoms with Crippen molar-refractivity contribution in [3.05, 3.63) is 76.2 Å². The average Bonchev–Trinajstić information content (AvgIpc) is 3.36. The second-order valence-corrected chi connectivity index (χ2v) is 9.15. The highest BCUT2D eigenvalue weighted by atomic mass is 32.1. The van der Waals surface area contributed by atoms with Crippen molar-refractivity contribution in [1.29, 1.82) is 0 Å². The minimum atomic E-state index is 0.0422. The van der Waals surface area contributed by atoms with Gasteiger partial charge in [-0.25, -0.2) is 9.97 Å². The Kier molecular flexibility index (Phi) is 6.02. The molecule has 0 aliphatic carbocycles. The zero-order valence-corrected chi connectivity index (χ0v) is 18.2. The third-order valence-corrected chi connectivity index (χ3v) is 6.93. The maximum Gasteiger partial charge on any atom is 0.234 e. The minimum absolute atomic E-state index is 0.0422. The zero-order valence-electron chi connectivity index (χ0n) is 16.5. The van der Waals surface area contributed by atoms with E-state index in [0.29, 0.717) is 18.9 Å². The molecule has 2 aromatic heterocycles. The summed E-state index contributed by atoms with van der Waals surface area (Å²) in [5, 5.41) is 3.83. The van der Waals surface area contributed by atoms with Crippen LogP contribution in [-0.4, -0.2) is 22.4 Å². The van der Waals surface area contributed by atoms with Gasteiger partial charge in [0.05, 0.1) is 27.3 Å². The SMILES string of the molecule is CC(C)c1nc(CC(=O)N(CCc2ccccc2)c2nc3ccccc3s2)cs1. The van der Waals surface area contributed by atoms with Crippen LogP contribution in [0.15, 0.2) is 60.0 Å². The quantitative estimate of drug-likeness (QED) is 0.385. The van der Waals surface area contributed by atoms with Gasteiger partial charge in [0.15, 0.2) is 5.13 Å². The van der Waals surface area contributed by atoms with Crippen LogP contribution in [0.5, 0.6) is 0 Å². The molecule has 1 amide bonds. The Morgan fingerprint density at radius 3 is 2.52 bits per heavy atom. The lowest BCUT2D eigenvalue weighted by Gasteiger charge is -2.19. The first-order chi connectivity index (χ1) is 14.1. The van der Waals surface area contributed by atoms with Gasteiger partial charge in [-0.1, -0.05) is 67.6 Å². The van der Waals surface area contributed by atoms with Crippen molar-refractivity contribution in [1.82, 2.24) is 9.97 Å². The molecule has 0 aliphatic heterocycles. The van der Waals surface area contributed by atoms with E-state index >= 15 is 0 Å². The van der Waals surface area contributed by atoms with Crippen molar-refractivity contribution in [3.63, 3.8) is 0 Å². The highest BCUT2D eigenvalue weighted by Crippen LogP contribution is 2.29.